The van der Waals surface area contributed by atoms with Gasteiger partial charge in [0.15, 0.2) is 0 Å². The third kappa shape index (κ3) is 4.42. The molecule has 5 nitrogen and oxygen atoms in total. The summed E-state index contributed by atoms with van der Waals surface area (Å²) in [5.41, 5.74) is 9.38. The second-order valence-corrected chi connectivity index (χ2v) is 9.06. The third-order valence-corrected chi connectivity index (χ3v) is 6.36. The van der Waals surface area contributed by atoms with E-state index in [-0.39, 0.29) is 35.5 Å². The number of hydrogen-bond donors (Lipinski definition) is 1. The Morgan fingerprint density at radius 1 is 1.03 bits per heavy atom. The smallest absolute Gasteiger partial charge is 0.237 e. The minimum Gasteiger partial charge on any atom is -0.327 e. The fraction of sp³-hybridized carbons (Fsp3) is 0.385. The Labute approximate surface area is 193 Å². The fourth-order valence-electron chi connectivity index (χ4n) is 4.61. The van der Waals surface area contributed by atoms with E-state index in [4.69, 9.17) is 10.7 Å². The van der Waals surface area contributed by atoms with E-state index in [1.807, 2.05) is 11.8 Å². The topological polar surface area (TPSA) is 64.2 Å². The van der Waals surface area contributed by atoms with E-state index in [1.165, 1.54) is 24.3 Å². The van der Waals surface area contributed by atoms with Gasteiger partial charge in [0.05, 0.1) is 12.2 Å². The molecule has 2 aliphatic rings. The molecule has 2 heterocycles. The number of imidazole rings is 1. The largest absolute Gasteiger partial charge is 0.327 e. The van der Waals surface area contributed by atoms with Crippen LogP contribution in [-0.2, 0) is 16.9 Å². The molecule has 5 rings (SSSR count). The number of fused-ring (bicyclic) bond motifs is 2. The Bertz CT molecular complexity index is 1110. The van der Waals surface area contributed by atoms with Crippen LogP contribution in [0.5, 0.6) is 0 Å². The molecule has 1 amide bonds. The molecule has 3 aromatic rings. The van der Waals surface area contributed by atoms with Crippen molar-refractivity contribution in [2.45, 2.75) is 51.6 Å². The van der Waals surface area contributed by atoms with Crippen molar-refractivity contribution in [3.8, 4) is 11.3 Å². The minimum absolute atomic E-state index is 0.0128. The van der Waals surface area contributed by atoms with Crippen LogP contribution >= 0.6 is 0 Å². The Morgan fingerprint density at radius 3 is 2.09 bits per heavy atom. The predicted octanol–water partition coefficient (Wildman–Crippen LogP) is 4.74. The molecule has 1 aromatic heterocycles. The van der Waals surface area contributed by atoms with Crippen LogP contribution in [0.1, 0.15) is 49.7 Å². The standard InChI is InChI=1S/C19H23FN4O.C7H7F/c1-12(2)17-16(13-3-5-14(20)6-4-13)22-18-19(7-8-19)24(15(25)11-21)10-9-23(17)18;1-6-2-4-7(8)5-3-6/h3-6,12H,7-11,21H2,1-2H3;2-5H,1H3. The maximum Gasteiger partial charge on any atom is 0.237 e. The molecule has 1 aliphatic carbocycles. The van der Waals surface area contributed by atoms with E-state index in [9.17, 15) is 13.6 Å². The van der Waals surface area contributed by atoms with Gasteiger partial charge in [0, 0.05) is 24.3 Å². The van der Waals surface area contributed by atoms with E-state index in [0.717, 1.165) is 47.7 Å². The number of aryl methyl sites for hydroxylation is 1. The van der Waals surface area contributed by atoms with Gasteiger partial charge in [-0.25, -0.2) is 13.8 Å². The lowest BCUT2D eigenvalue weighted by atomic mass is 10.0. The molecule has 2 aromatic carbocycles. The van der Waals surface area contributed by atoms with Crippen LogP contribution in [0.3, 0.4) is 0 Å². The first kappa shape index (κ1) is 23.1. The zero-order valence-corrected chi connectivity index (χ0v) is 19.3. The fourth-order valence-corrected chi connectivity index (χ4v) is 4.61. The van der Waals surface area contributed by atoms with Crippen LogP contribution in [0, 0.1) is 18.6 Å². The summed E-state index contributed by atoms with van der Waals surface area (Å²) in [7, 11) is 0. The van der Waals surface area contributed by atoms with Gasteiger partial charge in [-0.1, -0.05) is 31.5 Å². The summed E-state index contributed by atoms with van der Waals surface area (Å²) < 4.78 is 27.7. The average molecular weight is 453 g/mol. The lowest BCUT2D eigenvalue weighted by Crippen LogP contribution is -2.49. The molecule has 0 saturated heterocycles. The Morgan fingerprint density at radius 2 is 1.61 bits per heavy atom. The highest BCUT2D eigenvalue weighted by Crippen LogP contribution is 2.53. The number of carbonyl (C=O) groups is 1. The molecule has 33 heavy (non-hydrogen) atoms. The van der Waals surface area contributed by atoms with Crippen molar-refractivity contribution in [2.75, 3.05) is 13.1 Å². The van der Waals surface area contributed by atoms with Crippen LogP contribution in [0.4, 0.5) is 8.78 Å². The first-order chi connectivity index (χ1) is 15.8. The van der Waals surface area contributed by atoms with Gasteiger partial charge in [0.1, 0.15) is 23.0 Å². The summed E-state index contributed by atoms with van der Waals surface area (Å²) in [5, 5.41) is 0. The molecular weight excluding hydrogens is 422 g/mol. The minimum atomic E-state index is -0.295. The second kappa shape index (κ2) is 9.06. The normalized spacial score (nSPS) is 15.8. The summed E-state index contributed by atoms with van der Waals surface area (Å²) in [5.74, 6) is 0.811. The van der Waals surface area contributed by atoms with Crippen LogP contribution in [0.15, 0.2) is 48.5 Å². The molecule has 0 atom stereocenters. The van der Waals surface area contributed by atoms with Gasteiger partial charge in [0.25, 0.3) is 0 Å². The van der Waals surface area contributed by atoms with Gasteiger partial charge >= 0.3 is 0 Å². The highest BCUT2D eigenvalue weighted by Gasteiger charge is 2.56. The molecule has 174 valence electrons. The van der Waals surface area contributed by atoms with Crippen LogP contribution in [0.2, 0.25) is 0 Å². The monoisotopic (exact) mass is 452 g/mol. The van der Waals surface area contributed by atoms with Gasteiger partial charge in [-0.05, 0) is 62.1 Å². The number of benzene rings is 2. The Kier molecular flexibility index (Phi) is 6.34. The third-order valence-electron chi connectivity index (χ3n) is 6.36. The van der Waals surface area contributed by atoms with Gasteiger partial charge < -0.3 is 15.2 Å². The summed E-state index contributed by atoms with van der Waals surface area (Å²) in [6, 6.07) is 12.9. The quantitative estimate of drug-likeness (QED) is 0.625. The number of nitrogens with zero attached hydrogens (tertiary/aromatic N) is 3. The van der Waals surface area contributed by atoms with Crippen molar-refractivity contribution >= 4 is 5.91 Å². The molecule has 0 bridgehead atoms. The van der Waals surface area contributed by atoms with Crippen molar-refractivity contribution in [1.82, 2.24) is 14.5 Å². The van der Waals surface area contributed by atoms with Crippen molar-refractivity contribution in [2.24, 2.45) is 5.73 Å². The lowest BCUT2D eigenvalue weighted by molar-refractivity contribution is -0.134. The number of amides is 1. The van der Waals surface area contributed by atoms with Crippen LogP contribution < -0.4 is 5.73 Å². The zero-order valence-electron chi connectivity index (χ0n) is 19.3. The first-order valence-corrected chi connectivity index (χ1v) is 11.4. The Balaban J connectivity index is 0.000000275. The number of aromatic nitrogens is 2. The maximum atomic E-state index is 13.3. The molecular formula is C26H30F2N4O. The summed E-state index contributed by atoms with van der Waals surface area (Å²) in [6.45, 7) is 7.65. The van der Waals surface area contributed by atoms with Crippen molar-refractivity contribution in [3.63, 3.8) is 0 Å². The zero-order chi connectivity index (χ0) is 23.8. The van der Waals surface area contributed by atoms with Crippen LogP contribution in [-0.4, -0.2) is 33.4 Å². The Hall–Kier alpha value is -3.06. The van der Waals surface area contributed by atoms with Crippen molar-refractivity contribution < 1.29 is 13.6 Å². The van der Waals surface area contributed by atoms with Gasteiger partial charge in [-0.15, -0.1) is 0 Å². The van der Waals surface area contributed by atoms with E-state index in [1.54, 1.807) is 24.3 Å². The summed E-state index contributed by atoms with van der Waals surface area (Å²) in [6.07, 6.45) is 1.85. The highest BCUT2D eigenvalue weighted by atomic mass is 19.1. The van der Waals surface area contributed by atoms with Gasteiger partial charge in [-0.3, -0.25) is 4.79 Å². The average Bonchev–Trinajstić information content (AvgIpc) is 3.47. The lowest BCUT2D eigenvalue weighted by Gasteiger charge is -2.37. The number of hydrogen-bond acceptors (Lipinski definition) is 3. The molecule has 1 fully saturated rings. The molecule has 7 heteroatoms. The summed E-state index contributed by atoms with van der Waals surface area (Å²) >= 11 is 0. The van der Waals surface area contributed by atoms with Crippen LogP contribution in [0.25, 0.3) is 11.3 Å². The molecule has 2 N–H and O–H groups in total. The van der Waals surface area contributed by atoms with Crippen molar-refractivity contribution in [1.29, 1.82) is 0 Å². The van der Waals surface area contributed by atoms with Crippen molar-refractivity contribution in [3.05, 3.63) is 77.2 Å². The predicted molar refractivity (Wildman–Crippen MR) is 125 cm³/mol. The second-order valence-electron chi connectivity index (χ2n) is 9.06. The number of halogens is 2. The molecule has 1 spiro atoms. The molecule has 1 saturated carbocycles. The molecule has 0 radical (unpaired) electrons. The van der Waals surface area contributed by atoms with E-state index >= 15 is 0 Å². The highest BCUT2D eigenvalue weighted by molar-refractivity contribution is 5.80. The molecule has 1 aliphatic heterocycles. The van der Waals surface area contributed by atoms with Gasteiger partial charge in [0.2, 0.25) is 5.91 Å². The number of nitrogens with two attached hydrogens (primary N) is 1. The van der Waals surface area contributed by atoms with E-state index in [0.29, 0.717) is 6.54 Å². The SMILES string of the molecule is CC(C)c1c(-c2ccc(F)cc2)nc2n1CCN(C(=O)CN)C21CC1.Cc1ccc(F)cc1. The maximum absolute atomic E-state index is 13.3. The van der Waals surface area contributed by atoms with E-state index < -0.39 is 0 Å². The summed E-state index contributed by atoms with van der Waals surface area (Å²) in [4.78, 5) is 19.2. The first-order valence-electron chi connectivity index (χ1n) is 11.4. The van der Waals surface area contributed by atoms with Gasteiger partial charge in [-0.2, -0.15) is 0 Å². The number of rotatable bonds is 3. The van der Waals surface area contributed by atoms with E-state index in [2.05, 4.69) is 18.4 Å². The number of carbonyl (C=O) groups excluding carboxylic acids is 1. The molecule has 0 unspecified atom stereocenters.